The van der Waals surface area contributed by atoms with Crippen molar-refractivity contribution in [3.8, 4) is 0 Å². The molecule has 2 aliphatic heterocycles. The van der Waals surface area contributed by atoms with Crippen molar-refractivity contribution >= 4 is 11.8 Å². The fourth-order valence-corrected chi connectivity index (χ4v) is 3.96. The fraction of sp³-hybridized carbons (Fsp3) is 0.889. The van der Waals surface area contributed by atoms with Crippen LogP contribution in [-0.2, 0) is 9.59 Å². The van der Waals surface area contributed by atoms with Crippen molar-refractivity contribution in [1.82, 2.24) is 15.1 Å². The van der Waals surface area contributed by atoms with Gasteiger partial charge in [0, 0.05) is 38.4 Å². The Kier molecular flexibility index (Phi) is 5.71. The van der Waals surface area contributed by atoms with Crippen LogP contribution < -0.4 is 5.32 Å². The van der Waals surface area contributed by atoms with Crippen molar-refractivity contribution in [2.75, 3.05) is 13.1 Å². The van der Waals surface area contributed by atoms with Crippen LogP contribution in [0.2, 0.25) is 0 Å². The number of nitrogens with zero attached hydrogens (tertiary/aromatic N) is 2. The SMILES string of the molecule is CCC(=O)N1CCC2(CC1)N[C@H]([C@@H](C)CC)C(=O)N2[C@H](C)CC. The highest BCUT2D eigenvalue weighted by molar-refractivity contribution is 5.86. The topological polar surface area (TPSA) is 52.7 Å². The molecule has 0 unspecified atom stereocenters. The van der Waals surface area contributed by atoms with Gasteiger partial charge in [0.15, 0.2) is 0 Å². The number of likely N-dealkylation sites (tertiary alicyclic amines) is 1. The molecule has 2 amide bonds. The number of rotatable bonds is 5. The van der Waals surface area contributed by atoms with Gasteiger partial charge in [-0.3, -0.25) is 14.9 Å². The van der Waals surface area contributed by atoms with Crippen LogP contribution in [0.3, 0.4) is 0 Å². The van der Waals surface area contributed by atoms with E-state index in [0.717, 1.165) is 38.8 Å². The van der Waals surface area contributed by atoms with E-state index in [1.54, 1.807) is 0 Å². The van der Waals surface area contributed by atoms with Crippen LogP contribution in [0, 0.1) is 5.92 Å². The molecular weight excluding hydrogens is 290 g/mol. The van der Waals surface area contributed by atoms with Crippen LogP contribution in [0.4, 0.5) is 0 Å². The van der Waals surface area contributed by atoms with E-state index < -0.39 is 0 Å². The Bertz CT molecular complexity index is 444. The van der Waals surface area contributed by atoms with E-state index in [2.05, 4.69) is 37.9 Å². The van der Waals surface area contributed by atoms with Crippen molar-refractivity contribution in [1.29, 1.82) is 0 Å². The van der Waals surface area contributed by atoms with E-state index in [-0.39, 0.29) is 29.6 Å². The molecule has 5 heteroatoms. The number of amides is 2. The molecule has 2 saturated heterocycles. The molecule has 2 fully saturated rings. The van der Waals surface area contributed by atoms with Gasteiger partial charge in [0.25, 0.3) is 0 Å². The third-order valence-corrected chi connectivity index (χ3v) is 5.88. The highest BCUT2D eigenvalue weighted by atomic mass is 16.2. The Morgan fingerprint density at radius 1 is 1.22 bits per heavy atom. The largest absolute Gasteiger partial charge is 0.342 e. The normalized spacial score (nSPS) is 26.7. The van der Waals surface area contributed by atoms with Gasteiger partial charge in [0.05, 0.1) is 11.7 Å². The lowest BCUT2D eigenvalue weighted by molar-refractivity contribution is -0.139. The van der Waals surface area contributed by atoms with Gasteiger partial charge in [-0.05, 0) is 19.3 Å². The van der Waals surface area contributed by atoms with E-state index in [1.165, 1.54) is 0 Å². The highest BCUT2D eigenvalue weighted by Gasteiger charge is 2.53. The van der Waals surface area contributed by atoms with Gasteiger partial charge < -0.3 is 9.80 Å². The quantitative estimate of drug-likeness (QED) is 0.845. The Morgan fingerprint density at radius 3 is 2.30 bits per heavy atom. The summed E-state index contributed by atoms with van der Waals surface area (Å²) in [6, 6.07) is 0.153. The molecule has 5 nitrogen and oxygen atoms in total. The molecule has 0 aromatic rings. The van der Waals surface area contributed by atoms with E-state index >= 15 is 0 Å². The molecule has 0 saturated carbocycles. The van der Waals surface area contributed by atoms with Crippen molar-refractivity contribution in [2.45, 2.75) is 84.5 Å². The summed E-state index contributed by atoms with van der Waals surface area (Å²) in [4.78, 5) is 29.0. The molecule has 1 N–H and O–H groups in total. The average molecular weight is 323 g/mol. The van der Waals surface area contributed by atoms with Crippen LogP contribution in [0.15, 0.2) is 0 Å². The first-order valence-corrected chi connectivity index (χ1v) is 9.28. The number of carbonyl (C=O) groups is 2. The van der Waals surface area contributed by atoms with Crippen LogP contribution in [0.5, 0.6) is 0 Å². The summed E-state index contributed by atoms with van der Waals surface area (Å²) in [7, 11) is 0. The number of carbonyl (C=O) groups excluding carboxylic acids is 2. The predicted molar refractivity (Wildman–Crippen MR) is 91.8 cm³/mol. The Labute approximate surface area is 140 Å². The number of hydrogen-bond acceptors (Lipinski definition) is 3. The van der Waals surface area contributed by atoms with Crippen molar-refractivity contribution in [2.24, 2.45) is 5.92 Å². The van der Waals surface area contributed by atoms with E-state index in [9.17, 15) is 9.59 Å². The fourth-order valence-electron chi connectivity index (χ4n) is 3.96. The highest BCUT2D eigenvalue weighted by Crippen LogP contribution is 2.37. The minimum atomic E-state index is -0.259. The molecule has 0 aromatic heterocycles. The number of nitrogens with one attached hydrogen (secondary N) is 1. The number of hydrogen-bond donors (Lipinski definition) is 1. The Balaban J connectivity index is 2.21. The van der Waals surface area contributed by atoms with Gasteiger partial charge in [0.2, 0.25) is 11.8 Å². The monoisotopic (exact) mass is 323 g/mol. The molecule has 0 aliphatic carbocycles. The third-order valence-electron chi connectivity index (χ3n) is 5.88. The second kappa shape index (κ2) is 7.20. The van der Waals surface area contributed by atoms with Crippen LogP contribution in [-0.4, -0.2) is 52.5 Å². The van der Waals surface area contributed by atoms with Crippen molar-refractivity contribution < 1.29 is 9.59 Å². The molecule has 2 rings (SSSR count). The Hall–Kier alpha value is -1.10. The summed E-state index contributed by atoms with van der Waals surface area (Å²) >= 11 is 0. The summed E-state index contributed by atoms with van der Waals surface area (Å²) in [5, 5.41) is 3.69. The molecule has 0 bridgehead atoms. The zero-order valence-electron chi connectivity index (χ0n) is 15.4. The first kappa shape index (κ1) is 18.2. The van der Waals surface area contributed by atoms with Gasteiger partial charge in [-0.25, -0.2) is 0 Å². The molecule has 2 heterocycles. The van der Waals surface area contributed by atoms with Crippen molar-refractivity contribution in [3.05, 3.63) is 0 Å². The molecule has 23 heavy (non-hydrogen) atoms. The van der Waals surface area contributed by atoms with E-state index in [1.807, 2.05) is 11.8 Å². The molecule has 0 radical (unpaired) electrons. The first-order chi connectivity index (χ1) is 10.9. The minimum Gasteiger partial charge on any atom is -0.342 e. The van der Waals surface area contributed by atoms with Crippen LogP contribution in [0.1, 0.15) is 66.7 Å². The maximum absolute atomic E-state index is 13.0. The summed E-state index contributed by atoms with van der Waals surface area (Å²) in [6.45, 7) is 12.0. The zero-order valence-corrected chi connectivity index (χ0v) is 15.4. The lowest BCUT2D eigenvalue weighted by atomic mass is 9.93. The molecular formula is C18H33N3O2. The maximum atomic E-state index is 13.0. The summed E-state index contributed by atoms with van der Waals surface area (Å²) < 4.78 is 0. The lowest BCUT2D eigenvalue weighted by Gasteiger charge is -2.46. The van der Waals surface area contributed by atoms with Gasteiger partial charge >= 0.3 is 0 Å². The maximum Gasteiger partial charge on any atom is 0.241 e. The van der Waals surface area contributed by atoms with Crippen molar-refractivity contribution in [3.63, 3.8) is 0 Å². The predicted octanol–water partition coefficient (Wildman–Crippen LogP) is 2.36. The standard InChI is InChI=1S/C18H33N3O2/c1-6-13(4)16-17(23)21(14(5)7-2)18(19-16)9-11-20(12-10-18)15(22)8-3/h13-14,16,19H,6-12H2,1-5H3/t13-,14+,16+/m0/s1. The lowest BCUT2D eigenvalue weighted by Crippen LogP contribution is -2.61. The molecule has 3 atom stereocenters. The van der Waals surface area contributed by atoms with E-state index in [0.29, 0.717) is 12.3 Å². The van der Waals surface area contributed by atoms with Gasteiger partial charge in [-0.2, -0.15) is 0 Å². The third kappa shape index (κ3) is 3.25. The smallest absolute Gasteiger partial charge is 0.241 e. The average Bonchev–Trinajstić information content (AvgIpc) is 2.85. The van der Waals surface area contributed by atoms with Gasteiger partial charge in [-0.15, -0.1) is 0 Å². The van der Waals surface area contributed by atoms with Gasteiger partial charge in [-0.1, -0.05) is 34.1 Å². The summed E-state index contributed by atoms with van der Waals surface area (Å²) in [6.07, 6.45) is 4.18. The zero-order chi connectivity index (χ0) is 17.2. The second-order valence-electron chi connectivity index (χ2n) is 7.24. The first-order valence-electron chi connectivity index (χ1n) is 9.28. The van der Waals surface area contributed by atoms with Crippen LogP contribution in [0.25, 0.3) is 0 Å². The second-order valence-corrected chi connectivity index (χ2v) is 7.24. The molecule has 1 spiro atoms. The van der Waals surface area contributed by atoms with Crippen LogP contribution >= 0.6 is 0 Å². The number of piperidine rings is 1. The summed E-state index contributed by atoms with van der Waals surface area (Å²) in [5.41, 5.74) is -0.259. The van der Waals surface area contributed by atoms with E-state index in [4.69, 9.17) is 0 Å². The molecule has 0 aromatic carbocycles. The molecule has 2 aliphatic rings. The summed E-state index contributed by atoms with van der Waals surface area (Å²) in [5.74, 6) is 0.811. The molecule has 132 valence electrons. The Morgan fingerprint density at radius 2 is 1.83 bits per heavy atom. The van der Waals surface area contributed by atoms with Gasteiger partial charge in [0.1, 0.15) is 0 Å². The minimum absolute atomic E-state index is 0.0811.